The normalized spacial score (nSPS) is 11.4. The Balaban J connectivity index is 2.48. The highest BCUT2D eigenvalue weighted by atomic mass is 32.2. The molecule has 0 radical (unpaired) electrons. The Morgan fingerprint density at radius 2 is 1.71 bits per heavy atom. The smallest absolute Gasteiger partial charge is 0.233 e. The van der Waals surface area contributed by atoms with E-state index in [1.807, 2.05) is 11.8 Å². The minimum absolute atomic E-state index is 0.217. The molecule has 0 aromatic carbocycles. The highest BCUT2D eigenvalue weighted by Crippen LogP contribution is 2.22. The molecule has 6 heteroatoms. The summed E-state index contributed by atoms with van der Waals surface area (Å²) in [4.78, 5) is 14.4. The number of carbonyl (C=O) groups is 1. The third-order valence-electron chi connectivity index (χ3n) is 3.13. The maximum absolute atomic E-state index is 12.4. The number of thioether (sulfide) groups is 1. The lowest BCUT2D eigenvalue weighted by atomic mass is 10.1. The van der Waals surface area contributed by atoms with Crippen LogP contribution in [-0.4, -0.2) is 39.8 Å². The van der Waals surface area contributed by atoms with Crippen LogP contribution in [0.25, 0.3) is 0 Å². The lowest BCUT2D eigenvalue weighted by molar-refractivity contribution is -0.128. The number of nitrogens with zero attached hydrogens (tertiary/aromatic N) is 3. The summed E-state index contributed by atoms with van der Waals surface area (Å²) in [6, 6.07) is 0. The van der Waals surface area contributed by atoms with Crippen LogP contribution in [0.3, 0.4) is 0 Å². The van der Waals surface area contributed by atoms with Crippen molar-refractivity contribution >= 4 is 29.0 Å². The monoisotopic (exact) mass is 329 g/mol. The van der Waals surface area contributed by atoms with Crippen LogP contribution in [0.5, 0.6) is 0 Å². The van der Waals surface area contributed by atoms with Gasteiger partial charge in [-0.15, -0.1) is 10.2 Å². The van der Waals surface area contributed by atoms with Crippen molar-refractivity contribution in [3.8, 4) is 0 Å². The first kappa shape index (κ1) is 18.4. The van der Waals surface area contributed by atoms with E-state index in [1.165, 1.54) is 11.8 Å². The number of hydrogen-bond donors (Lipinski definition) is 0. The SMILES string of the molecule is Cc1nnc(SCC(=O)N(CCC(C)C)CCC(C)C)s1. The molecule has 0 atom stereocenters. The molecular weight excluding hydrogens is 302 g/mol. The van der Waals surface area contributed by atoms with E-state index >= 15 is 0 Å². The Labute approximate surface area is 136 Å². The maximum atomic E-state index is 12.4. The molecule has 0 bridgehead atoms. The standard InChI is InChI=1S/C15H27N3OS2/c1-11(2)6-8-18(9-7-12(3)4)14(19)10-20-15-17-16-13(5)21-15/h11-12H,6-10H2,1-5H3. The fraction of sp³-hybridized carbons (Fsp3) is 0.800. The summed E-state index contributed by atoms with van der Waals surface area (Å²) in [6.45, 7) is 12.4. The van der Waals surface area contributed by atoms with E-state index in [0.717, 1.165) is 35.3 Å². The van der Waals surface area contributed by atoms with Crippen LogP contribution < -0.4 is 0 Å². The lowest BCUT2D eigenvalue weighted by Crippen LogP contribution is -2.35. The average Bonchev–Trinajstić information content (AvgIpc) is 2.81. The van der Waals surface area contributed by atoms with Gasteiger partial charge in [0.05, 0.1) is 5.75 Å². The Morgan fingerprint density at radius 1 is 1.14 bits per heavy atom. The van der Waals surface area contributed by atoms with Gasteiger partial charge in [-0.05, 0) is 31.6 Å². The molecule has 0 fully saturated rings. The third kappa shape index (κ3) is 7.81. The molecule has 1 aromatic heterocycles. The second-order valence-electron chi connectivity index (χ2n) is 6.12. The van der Waals surface area contributed by atoms with Crippen molar-refractivity contribution in [1.29, 1.82) is 0 Å². The predicted molar refractivity (Wildman–Crippen MR) is 90.9 cm³/mol. The Bertz CT molecular complexity index is 420. The van der Waals surface area contributed by atoms with Gasteiger partial charge in [-0.3, -0.25) is 4.79 Å². The van der Waals surface area contributed by atoms with Crippen molar-refractivity contribution in [2.24, 2.45) is 11.8 Å². The summed E-state index contributed by atoms with van der Waals surface area (Å²) in [6.07, 6.45) is 2.12. The van der Waals surface area contributed by atoms with Gasteiger partial charge in [0.2, 0.25) is 5.91 Å². The van der Waals surface area contributed by atoms with Crippen molar-refractivity contribution in [2.45, 2.75) is 51.8 Å². The molecule has 0 N–H and O–H groups in total. The molecule has 0 spiro atoms. The Hall–Kier alpha value is -0.620. The molecular formula is C15H27N3OS2. The number of aryl methyl sites for hydroxylation is 1. The first-order valence-electron chi connectivity index (χ1n) is 7.59. The minimum atomic E-state index is 0.217. The van der Waals surface area contributed by atoms with Crippen LogP contribution in [0, 0.1) is 18.8 Å². The average molecular weight is 330 g/mol. The van der Waals surface area contributed by atoms with Gasteiger partial charge in [0.1, 0.15) is 5.01 Å². The van der Waals surface area contributed by atoms with Gasteiger partial charge in [0.25, 0.3) is 0 Å². The zero-order chi connectivity index (χ0) is 15.8. The molecule has 1 rings (SSSR count). The molecule has 4 nitrogen and oxygen atoms in total. The van der Waals surface area contributed by atoms with E-state index in [2.05, 4.69) is 37.9 Å². The van der Waals surface area contributed by atoms with Gasteiger partial charge < -0.3 is 4.90 Å². The minimum Gasteiger partial charge on any atom is -0.342 e. The van der Waals surface area contributed by atoms with Crippen LogP contribution >= 0.6 is 23.1 Å². The quantitative estimate of drug-likeness (QED) is 0.645. The van der Waals surface area contributed by atoms with Crippen molar-refractivity contribution in [3.05, 3.63) is 5.01 Å². The summed E-state index contributed by atoms with van der Waals surface area (Å²) in [7, 11) is 0. The zero-order valence-electron chi connectivity index (χ0n) is 13.8. The summed E-state index contributed by atoms with van der Waals surface area (Å²) < 4.78 is 0.883. The van der Waals surface area contributed by atoms with E-state index in [0.29, 0.717) is 17.6 Å². The van der Waals surface area contributed by atoms with Crippen molar-refractivity contribution in [3.63, 3.8) is 0 Å². The van der Waals surface area contributed by atoms with Gasteiger partial charge >= 0.3 is 0 Å². The van der Waals surface area contributed by atoms with Crippen LogP contribution in [0.15, 0.2) is 4.34 Å². The molecule has 0 saturated carbocycles. The zero-order valence-corrected chi connectivity index (χ0v) is 15.4. The lowest BCUT2D eigenvalue weighted by Gasteiger charge is -2.24. The fourth-order valence-corrected chi connectivity index (χ4v) is 3.46. The number of hydrogen-bond acceptors (Lipinski definition) is 5. The number of rotatable bonds is 9. The van der Waals surface area contributed by atoms with Crippen molar-refractivity contribution in [1.82, 2.24) is 15.1 Å². The molecule has 0 unspecified atom stereocenters. The highest BCUT2D eigenvalue weighted by Gasteiger charge is 2.15. The molecule has 0 aliphatic heterocycles. The van der Waals surface area contributed by atoms with Gasteiger partial charge in [0, 0.05) is 13.1 Å². The second kappa shape index (κ2) is 9.41. The van der Waals surface area contributed by atoms with E-state index in [-0.39, 0.29) is 5.91 Å². The van der Waals surface area contributed by atoms with Gasteiger partial charge in [-0.25, -0.2) is 0 Å². The molecule has 21 heavy (non-hydrogen) atoms. The van der Waals surface area contributed by atoms with Crippen molar-refractivity contribution in [2.75, 3.05) is 18.8 Å². The van der Waals surface area contributed by atoms with Gasteiger partial charge in [-0.2, -0.15) is 0 Å². The first-order chi connectivity index (χ1) is 9.88. The maximum Gasteiger partial charge on any atom is 0.233 e. The number of aromatic nitrogens is 2. The molecule has 1 amide bonds. The van der Waals surface area contributed by atoms with Gasteiger partial charge in [0.15, 0.2) is 4.34 Å². The number of amides is 1. The number of carbonyl (C=O) groups excluding carboxylic acids is 1. The molecule has 1 aromatic rings. The van der Waals surface area contributed by atoms with E-state index in [4.69, 9.17) is 0 Å². The molecule has 0 aliphatic carbocycles. The molecule has 120 valence electrons. The van der Waals surface area contributed by atoms with Crippen molar-refractivity contribution < 1.29 is 4.79 Å². The van der Waals surface area contributed by atoms with Crippen LogP contribution in [0.4, 0.5) is 0 Å². The largest absolute Gasteiger partial charge is 0.342 e. The molecule has 0 aliphatic rings. The topological polar surface area (TPSA) is 46.1 Å². The predicted octanol–water partition coefficient (Wildman–Crippen LogP) is 3.86. The van der Waals surface area contributed by atoms with E-state index in [1.54, 1.807) is 11.3 Å². The van der Waals surface area contributed by atoms with E-state index < -0.39 is 0 Å². The third-order valence-corrected chi connectivity index (χ3v) is 5.09. The highest BCUT2D eigenvalue weighted by molar-refractivity contribution is 8.01. The molecule has 0 saturated heterocycles. The summed E-state index contributed by atoms with van der Waals surface area (Å²) in [5, 5.41) is 8.98. The van der Waals surface area contributed by atoms with Crippen LogP contribution in [-0.2, 0) is 4.79 Å². The first-order valence-corrected chi connectivity index (χ1v) is 9.39. The Kier molecular flexibility index (Phi) is 8.26. The Morgan fingerprint density at radius 3 is 2.14 bits per heavy atom. The summed E-state index contributed by atoms with van der Waals surface area (Å²) in [5.74, 6) is 1.93. The fourth-order valence-electron chi connectivity index (χ4n) is 1.74. The van der Waals surface area contributed by atoms with Crippen LogP contribution in [0.2, 0.25) is 0 Å². The second-order valence-corrected chi connectivity index (χ2v) is 8.53. The summed E-state index contributed by atoms with van der Waals surface area (Å²) >= 11 is 3.05. The van der Waals surface area contributed by atoms with Crippen LogP contribution in [0.1, 0.15) is 45.5 Å². The molecule has 1 heterocycles. The van der Waals surface area contributed by atoms with E-state index in [9.17, 15) is 4.79 Å². The summed E-state index contributed by atoms with van der Waals surface area (Å²) in [5.41, 5.74) is 0. The van der Waals surface area contributed by atoms with Gasteiger partial charge in [-0.1, -0.05) is 50.8 Å².